The van der Waals surface area contributed by atoms with Gasteiger partial charge in [0.2, 0.25) is 6.79 Å². The number of benzene rings is 1. The molecule has 5 heteroatoms. The van der Waals surface area contributed by atoms with Crippen LogP contribution in [0.3, 0.4) is 0 Å². The molecule has 21 heavy (non-hydrogen) atoms. The van der Waals surface area contributed by atoms with E-state index in [-0.39, 0.29) is 6.61 Å². The molecule has 0 radical (unpaired) electrons. The van der Waals surface area contributed by atoms with Crippen molar-refractivity contribution in [1.82, 2.24) is 5.32 Å². The molecule has 1 aliphatic rings. The number of hydrogen-bond acceptors (Lipinski definition) is 5. The fourth-order valence-electron chi connectivity index (χ4n) is 2.25. The largest absolute Gasteiger partial charge is 0.454 e. The van der Waals surface area contributed by atoms with Crippen molar-refractivity contribution in [1.29, 1.82) is 0 Å². The molecular formula is C16H25NO3S. The Morgan fingerprint density at radius 2 is 2.14 bits per heavy atom. The standard InChI is InChI=1S/C16H25NO3S/c1-3-7-17-14(10-21-12(2)6-8-18)13-4-5-15-16(9-13)20-11-19-15/h4-5,9,12,14,17-18H,3,6-8,10-11H2,1-2H3. The van der Waals surface area contributed by atoms with E-state index in [1.54, 1.807) is 0 Å². The van der Waals surface area contributed by atoms with Crippen molar-refractivity contribution in [3.63, 3.8) is 0 Å². The molecule has 1 aliphatic heterocycles. The third-order valence-electron chi connectivity index (χ3n) is 3.52. The molecule has 0 fully saturated rings. The number of nitrogens with one attached hydrogen (secondary N) is 1. The highest BCUT2D eigenvalue weighted by Gasteiger charge is 2.18. The van der Waals surface area contributed by atoms with Crippen LogP contribution in [0.4, 0.5) is 0 Å². The quantitative estimate of drug-likeness (QED) is 0.734. The number of aliphatic hydroxyl groups excluding tert-OH is 1. The Balaban J connectivity index is 2.00. The smallest absolute Gasteiger partial charge is 0.231 e. The van der Waals surface area contributed by atoms with E-state index in [4.69, 9.17) is 14.6 Å². The van der Waals surface area contributed by atoms with E-state index in [0.717, 1.165) is 36.6 Å². The van der Waals surface area contributed by atoms with E-state index in [1.165, 1.54) is 5.56 Å². The van der Waals surface area contributed by atoms with Crippen molar-refractivity contribution in [3.8, 4) is 11.5 Å². The molecule has 1 aromatic carbocycles. The zero-order valence-corrected chi connectivity index (χ0v) is 13.6. The molecule has 0 bridgehead atoms. The lowest BCUT2D eigenvalue weighted by molar-refractivity contribution is 0.174. The first kappa shape index (κ1) is 16.5. The van der Waals surface area contributed by atoms with Gasteiger partial charge in [-0.2, -0.15) is 11.8 Å². The first-order valence-electron chi connectivity index (χ1n) is 7.60. The minimum absolute atomic E-state index is 0.255. The lowest BCUT2D eigenvalue weighted by Crippen LogP contribution is -2.25. The van der Waals surface area contributed by atoms with Crippen LogP contribution in [-0.4, -0.2) is 36.1 Å². The monoisotopic (exact) mass is 311 g/mol. The highest BCUT2D eigenvalue weighted by molar-refractivity contribution is 7.99. The van der Waals surface area contributed by atoms with Crippen molar-refractivity contribution in [3.05, 3.63) is 23.8 Å². The number of aliphatic hydroxyl groups is 1. The molecular weight excluding hydrogens is 286 g/mol. The molecule has 1 aromatic rings. The summed E-state index contributed by atoms with van der Waals surface area (Å²) >= 11 is 1.89. The van der Waals surface area contributed by atoms with E-state index in [2.05, 4.69) is 31.3 Å². The van der Waals surface area contributed by atoms with Gasteiger partial charge in [-0.3, -0.25) is 0 Å². The molecule has 1 heterocycles. The van der Waals surface area contributed by atoms with Crippen molar-refractivity contribution in [2.75, 3.05) is 25.7 Å². The molecule has 0 saturated carbocycles. The van der Waals surface area contributed by atoms with Crippen LogP contribution >= 0.6 is 11.8 Å². The van der Waals surface area contributed by atoms with Crippen LogP contribution in [0.5, 0.6) is 11.5 Å². The molecule has 0 aromatic heterocycles. The number of ether oxygens (including phenoxy) is 2. The summed E-state index contributed by atoms with van der Waals surface area (Å²) in [6.45, 7) is 5.90. The van der Waals surface area contributed by atoms with Gasteiger partial charge in [0.15, 0.2) is 11.5 Å². The maximum absolute atomic E-state index is 9.01. The second kappa shape index (κ2) is 8.51. The third kappa shape index (κ3) is 4.80. The van der Waals surface area contributed by atoms with Gasteiger partial charge in [-0.1, -0.05) is 19.9 Å². The predicted molar refractivity (Wildman–Crippen MR) is 87.2 cm³/mol. The van der Waals surface area contributed by atoms with Crippen LogP contribution < -0.4 is 14.8 Å². The van der Waals surface area contributed by atoms with E-state index in [0.29, 0.717) is 18.1 Å². The summed E-state index contributed by atoms with van der Waals surface area (Å²) in [5, 5.41) is 13.1. The Hall–Kier alpha value is -0.910. The van der Waals surface area contributed by atoms with Gasteiger partial charge < -0.3 is 19.9 Å². The zero-order chi connectivity index (χ0) is 15.1. The predicted octanol–water partition coefficient (Wildman–Crippen LogP) is 2.96. The Kier molecular flexibility index (Phi) is 6.67. The van der Waals surface area contributed by atoms with Crippen molar-refractivity contribution >= 4 is 11.8 Å². The first-order valence-corrected chi connectivity index (χ1v) is 8.64. The fourth-order valence-corrected chi connectivity index (χ4v) is 3.35. The molecule has 4 nitrogen and oxygen atoms in total. The highest BCUT2D eigenvalue weighted by atomic mass is 32.2. The first-order chi connectivity index (χ1) is 10.2. The minimum Gasteiger partial charge on any atom is -0.454 e. The minimum atomic E-state index is 0.255. The van der Waals surface area contributed by atoms with Gasteiger partial charge >= 0.3 is 0 Å². The maximum Gasteiger partial charge on any atom is 0.231 e. The van der Waals surface area contributed by atoms with Crippen LogP contribution in [0.2, 0.25) is 0 Å². The van der Waals surface area contributed by atoms with Crippen molar-refractivity contribution in [2.45, 2.75) is 38.0 Å². The van der Waals surface area contributed by atoms with E-state index in [9.17, 15) is 0 Å². The van der Waals surface area contributed by atoms with Gasteiger partial charge in [0, 0.05) is 23.7 Å². The van der Waals surface area contributed by atoms with Crippen LogP contribution in [0.1, 0.15) is 38.3 Å². The summed E-state index contributed by atoms with van der Waals surface area (Å²) in [4.78, 5) is 0. The average Bonchev–Trinajstić information content (AvgIpc) is 2.95. The molecule has 118 valence electrons. The summed E-state index contributed by atoms with van der Waals surface area (Å²) in [6.07, 6.45) is 1.95. The molecule has 2 atom stereocenters. The summed E-state index contributed by atoms with van der Waals surface area (Å²) in [6, 6.07) is 6.47. The SMILES string of the molecule is CCCNC(CSC(C)CCO)c1ccc2c(c1)OCO2. The molecule has 2 rings (SSSR count). The normalized spacial score (nSPS) is 16.0. The van der Waals surface area contributed by atoms with Crippen molar-refractivity contribution < 1.29 is 14.6 Å². The van der Waals surface area contributed by atoms with Gasteiger partial charge in [0.1, 0.15) is 0 Å². The van der Waals surface area contributed by atoms with Crippen LogP contribution in [0, 0.1) is 0 Å². The van der Waals surface area contributed by atoms with Gasteiger partial charge in [-0.25, -0.2) is 0 Å². The van der Waals surface area contributed by atoms with E-state index in [1.807, 2.05) is 17.8 Å². The summed E-state index contributed by atoms with van der Waals surface area (Å²) in [7, 11) is 0. The van der Waals surface area contributed by atoms with Gasteiger partial charge in [0.05, 0.1) is 0 Å². The zero-order valence-electron chi connectivity index (χ0n) is 12.8. The van der Waals surface area contributed by atoms with Gasteiger partial charge in [0.25, 0.3) is 0 Å². The lowest BCUT2D eigenvalue weighted by Gasteiger charge is -2.21. The summed E-state index contributed by atoms with van der Waals surface area (Å²) in [5.41, 5.74) is 1.23. The molecule has 2 N–H and O–H groups in total. The summed E-state index contributed by atoms with van der Waals surface area (Å²) < 4.78 is 10.8. The Morgan fingerprint density at radius 1 is 1.33 bits per heavy atom. The van der Waals surface area contributed by atoms with Gasteiger partial charge in [-0.15, -0.1) is 0 Å². The number of fused-ring (bicyclic) bond motifs is 1. The van der Waals surface area contributed by atoms with E-state index < -0.39 is 0 Å². The Labute approximate surface area is 131 Å². The lowest BCUT2D eigenvalue weighted by atomic mass is 10.1. The van der Waals surface area contributed by atoms with Gasteiger partial charge in [-0.05, 0) is 37.1 Å². The van der Waals surface area contributed by atoms with Crippen molar-refractivity contribution in [2.24, 2.45) is 0 Å². The molecule has 0 amide bonds. The molecule has 0 spiro atoms. The van der Waals surface area contributed by atoms with E-state index >= 15 is 0 Å². The maximum atomic E-state index is 9.01. The van der Waals surface area contributed by atoms with Crippen LogP contribution in [-0.2, 0) is 0 Å². The number of rotatable bonds is 9. The third-order valence-corrected chi connectivity index (χ3v) is 4.85. The number of thioether (sulfide) groups is 1. The second-order valence-electron chi connectivity index (χ2n) is 5.28. The van der Waals surface area contributed by atoms with Crippen LogP contribution in [0.25, 0.3) is 0 Å². The fraction of sp³-hybridized carbons (Fsp3) is 0.625. The average molecular weight is 311 g/mol. The number of hydrogen-bond donors (Lipinski definition) is 2. The molecule has 0 aliphatic carbocycles. The molecule has 0 saturated heterocycles. The Bertz CT molecular complexity index is 442. The highest BCUT2D eigenvalue weighted by Crippen LogP contribution is 2.35. The van der Waals surface area contributed by atoms with Crippen LogP contribution in [0.15, 0.2) is 18.2 Å². The Morgan fingerprint density at radius 3 is 2.90 bits per heavy atom. The molecule has 2 unspecified atom stereocenters. The summed E-state index contributed by atoms with van der Waals surface area (Å²) in [5.74, 6) is 2.65. The topological polar surface area (TPSA) is 50.7 Å². The second-order valence-corrected chi connectivity index (χ2v) is 6.75.